The Balaban J connectivity index is 1.84. The topological polar surface area (TPSA) is 32.3 Å². The number of rotatable bonds is 6. The van der Waals surface area contributed by atoms with Gasteiger partial charge in [-0.2, -0.15) is 0 Å². The molecule has 2 aromatic carbocycles. The van der Waals surface area contributed by atoms with Crippen molar-refractivity contribution in [2.75, 3.05) is 18.9 Å². The monoisotopic (exact) mass is 356 g/mol. The summed E-state index contributed by atoms with van der Waals surface area (Å²) in [7, 11) is 1.71. The Morgan fingerprint density at radius 1 is 1.12 bits per heavy atom. The van der Waals surface area contributed by atoms with Crippen LogP contribution in [0.1, 0.15) is 12.0 Å². The zero-order chi connectivity index (χ0) is 17.7. The van der Waals surface area contributed by atoms with Crippen LogP contribution in [0, 0.1) is 17.5 Å². The van der Waals surface area contributed by atoms with Gasteiger partial charge in [0, 0.05) is 36.2 Å². The van der Waals surface area contributed by atoms with E-state index in [0.717, 1.165) is 12.1 Å². The van der Waals surface area contributed by atoms with Crippen LogP contribution in [0.15, 0.2) is 36.4 Å². The molecule has 1 N–H and O–H groups in total. The minimum atomic E-state index is -0.636. The highest BCUT2D eigenvalue weighted by Gasteiger charge is 2.11. The van der Waals surface area contributed by atoms with E-state index in [1.807, 2.05) is 0 Å². The highest BCUT2D eigenvalue weighted by Crippen LogP contribution is 2.19. The van der Waals surface area contributed by atoms with Gasteiger partial charge >= 0.3 is 0 Å². The summed E-state index contributed by atoms with van der Waals surface area (Å²) in [6.45, 7) is 0.562. The molecule has 0 atom stereocenters. The van der Waals surface area contributed by atoms with Gasteiger partial charge in [0.15, 0.2) is 0 Å². The predicted octanol–water partition coefficient (Wildman–Crippen LogP) is 4.22. The van der Waals surface area contributed by atoms with Gasteiger partial charge in [-0.3, -0.25) is 4.79 Å². The van der Waals surface area contributed by atoms with Crippen molar-refractivity contribution in [3.05, 3.63) is 64.4 Å². The van der Waals surface area contributed by atoms with Gasteiger partial charge in [0.05, 0.1) is 5.69 Å². The Hall–Kier alpha value is -2.05. The molecule has 0 aromatic heterocycles. The summed E-state index contributed by atoms with van der Waals surface area (Å²) < 4.78 is 40.0. The van der Waals surface area contributed by atoms with Crippen molar-refractivity contribution in [1.29, 1.82) is 0 Å². The molecular formula is C17H16ClF3N2O. The van der Waals surface area contributed by atoms with Crippen LogP contribution >= 0.6 is 11.6 Å². The van der Waals surface area contributed by atoms with Crippen molar-refractivity contribution < 1.29 is 18.0 Å². The SMILES string of the molecule is CN(CCC(=O)Nc1ccc(Cl)cc1F)Cc1ccc(F)cc1F. The molecule has 0 aliphatic carbocycles. The molecule has 2 aromatic rings. The van der Waals surface area contributed by atoms with Crippen molar-refractivity contribution in [3.63, 3.8) is 0 Å². The molecule has 0 aliphatic heterocycles. The minimum Gasteiger partial charge on any atom is -0.324 e. The highest BCUT2D eigenvalue weighted by atomic mass is 35.5. The molecule has 3 nitrogen and oxygen atoms in total. The molecule has 0 aliphatic rings. The van der Waals surface area contributed by atoms with Crippen LogP contribution in [-0.2, 0) is 11.3 Å². The van der Waals surface area contributed by atoms with Crippen LogP contribution in [0.4, 0.5) is 18.9 Å². The molecule has 0 heterocycles. The molecule has 0 bridgehead atoms. The molecule has 0 fully saturated rings. The molecular weight excluding hydrogens is 341 g/mol. The first-order valence-corrected chi connectivity index (χ1v) is 7.60. The highest BCUT2D eigenvalue weighted by molar-refractivity contribution is 6.30. The zero-order valence-corrected chi connectivity index (χ0v) is 13.7. The standard InChI is InChI=1S/C17H16ClF3N2O/c1-23(10-11-2-4-13(19)9-14(11)20)7-6-17(24)22-16-5-3-12(18)8-15(16)21/h2-5,8-9H,6-7,10H2,1H3,(H,22,24). The lowest BCUT2D eigenvalue weighted by molar-refractivity contribution is -0.116. The number of anilines is 1. The van der Waals surface area contributed by atoms with Crippen LogP contribution in [0.25, 0.3) is 0 Å². The fourth-order valence-corrected chi connectivity index (χ4v) is 2.27. The number of amides is 1. The van der Waals surface area contributed by atoms with E-state index in [2.05, 4.69) is 5.32 Å². The maximum Gasteiger partial charge on any atom is 0.225 e. The number of nitrogens with zero attached hydrogens (tertiary/aromatic N) is 1. The summed E-state index contributed by atoms with van der Waals surface area (Å²) in [4.78, 5) is 13.6. The van der Waals surface area contributed by atoms with Crippen LogP contribution in [0.2, 0.25) is 5.02 Å². The number of nitrogens with one attached hydrogen (secondary N) is 1. The van der Waals surface area contributed by atoms with Crippen molar-refractivity contribution in [2.24, 2.45) is 0 Å². The van der Waals surface area contributed by atoms with Gasteiger partial charge in [0.25, 0.3) is 0 Å². The first-order chi connectivity index (χ1) is 11.3. The molecule has 2 rings (SSSR count). The Labute approximate surface area is 143 Å². The molecule has 0 radical (unpaired) electrons. The largest absolute Gasteiger partial charge is 0.324 e. The van der Waals surface area contributed by atoms with E-state index in [1.165, 1.54) is 24.3 Å². The van der Waals surface area contributed by atoms with Gasteiger partial charge in [-0.1, -0.05) is 17.7 Å². The van der Waals surface area contributed by atoms with E-state index in [0.29, 0.717) is 12.1 Å². The first-order valence-electron chi connectivity index (χ1n) is 7.22. The fourth-order valence-electron chi connectivity index (χ4n) is 2.12. The second kappa shape index (κ2) is 8.17. The predicted molar refractivity (Wildman–Crippen MR) is 87.3 cm³/mol. The average Bonchev–Trinajstić information content (AvgIpc) is 2.51. The van der Waals surface area contributed by atoms with Gasteiger partial charge in [-0.05, 0) is 31.3 Å². The summed E-state index contributed by atoms with van der Waals surface area (Å²) in [6, 6.07) is 7.34. The number of carbonyl (C=O) groups excluding carboxylic acids is 1. The summed E-state index contributed by atoms with van der Waals surface area (Å²) in [5.41, 5.74) is 0.389. The Bertz CT molecular complexity index is 740. The Kier molecular flexibility index (Phi) is 6.23. The Morgan fingerprint density at radius 2 is 1.88 bits per heavy atom. The second-order valence-corrected chi connectivity index (χ2v) is 5.83. The normalized spacial score (nSPS) is 10.9. The van der Waals surface area contributed by atoms with Crippen LogP contribution in [-0.4, -0.2) is 24.4 Å². The summed E-state index contributed by atoms with van der Waals surface area (Å²) in [5.74, 6) is -2.25. The average molecular weight is 357 g/mol. The van der Waals surface area contributed by atoms with Gasteiger partial charge in [-0.15, -0.1) is 0 Å². The number of hydrogen-bond donors (Lipinski definition) is 1. The smallest absolute Gasteiger partial charge is 0.225 e. The maximum absolute atomic E-state index is 13.6. The molecule has 0 saturated carbocycles. The van der Waals surface area contributed by atoms with Crippen molar-refractivity contribution >= 4 is 23.2 Å². The number of carbonyl (C=O) groups is 1. The third-order valence-electron chi connectivity index (χ3n) is 3.38. The number of halogens is 4. The molecule has 7 heteroatoms. The molecule has 1 amide bonds. The third-order valence-corrected chi connectivity index (χ3v) is 3.62. The van der Waals surface area contributed by atoms with Crippen molar-refractivity contribution in [2.45, 2.75) is 13.0 Å². The maximum atomic E-state index is 13.6. The van der Waals surface area contributed by atoms with E-state index in [-0.39, 0.29) is 29.6 Å². The lowest BCUT2D eigenvalue weighted by Gasteiger charge is -2.17. The van der Waals surface area contributed by atoms with Crippen molar-refractivity contribution in [1.82, 2.24) is 4.90 Å². The minimum absolute atomic E-state index is 0.0524. The van der Waals surface area contributed by atoms with E-state index in [9.17, 15) is 18.0 Å². The number of hydrogen-bond acceptors (Lipinski definition) is 2. The fraction of sp³-hybridized carbons (Fsp3) is 0.235. The Morgan fingerprint density at radius 3 is 2.54 bits per heavy atom. The first kappa shape index (κ1) is 18.3. The van der Waals surface area contributed by atoms with E-state index >= 15 is 0 Å². The van der Waals surface area contributed by atoms with Crippen LogP contribution < -0.4 is 5.32 Å². The summed E-state index contributed by atoms with van der Waals surface area (Å²) in [5, 5.41) is 2.69. The number of benzene rings is 2. The van der Waals surface area contributed by atoms with E-state index in [1.54, 1.807) is 11.9 Å². The van der Waals surface area contributed by atoms with Gasteiger partial charge in [0.1, 0.15) is 17.5 Å². The van der Waals surface area contributed by atoms with E-state index in [4.69, 9.17) is 11.6 Å². The van der Waals surface area contributed by atoms with E-state index < -0.39 is 17.5 Å². The lowest BCUT2D eigenvalue weighted by atomic mass is 10.2. The molecule has 0 spiro atoms. The summed E-state index contributed by atoms with van der Waals surface area (Å²) >= 11 is 5.64. The van der Waals surface area contributed by atoms with Crippen LogP contribution in [0.5, 0.6) is 0 Å². The van der Waals surface area contributed by atoms with Crippen molar-refractivity contribution in [3.8, 4) is 0 Å². The lowest BCUT2D eigenvalue weighted by Crippen LogP contribution is -2.24. The van der Waals surface area contributed by atoms with Crippen LogP contribution in [0.3, 0.4) is 0 Å². The second-order valence-electron chi connectivity index (χ2n) is 5.40. The quantitative estimate of drug-likeness (QED) is 0.840. The molecule has 0 unspecified atom stereocenters. The van der Waals surface area contributed by atoms with Gasteiger partial charge < -0.3 is 10.2 Å². The summed E-state index contributed by atoms with van der Waals surface area (Å²) in [6.07, 6.45) is 0.0986. The third kappa shape index (κ3) is 5.25. The van der Waals surface area contributed by atoms with Gasteiger partial charge in [0.2, 0.25) is 5.91 Å². The molecule has 0 saturated heterocycles. The molecule has 128 valence electrons. The van der Waals surface area contributed by atoms with Gasteiger partial charge in [-0.25, -0.2) is 13.2 Å². The zero-order valence-electron chi connectivity index (χ0n) is 13.0. The molecule has 24 heavy (non-hydrogen) atoms.